The van der Waals surface area contributed by atoms with Crippen molar-refractivity contribution < 1.29 is 9.47 Å². The third-order valence-electron chi connectivity index (χ3n) is 4.51. The first-order chi connectivity index (χ1) is 10.8. The van der Waals surface area contributed by atoms with Crippen LogP contribution in [0.4, 0.5) is 0 Å². The number of hydrogen-bond acceptors (Lipinski definition) is 4. The molecule has 1 aromatic rings. The van der Waals surface area contributed by atoms with E-state index in [1.165, 1.54) is 12.8 Å². The molecule has 6 nitrogen and oxygen atoms in total. The van der Waals surface area contributed by atoms with E-state index >= 15 is 0 Å². The van der Waals surface area contributed by atoms with E-state index in [4.69, 9.17) is 15.0 Å². The molecule has 2 atom stereocenters. The number of hydrogen-bond donors (Lipinski definition) is 0. The van der Waals surface area contributed by atoms with Crippen molar-refractivity contribution >= 4 is 0 Å². The molecule has 118 valence electrons. The normalized spacial score (nSPS) is 20.2. The Bertz CT molecular complexity index is 565. The average Bonchev–Trinajstić information content (AvgIpc) is 3.06. The zero-order chi connectivity index (χ0) is 15.4. The lowest BCUT2D eigenvalue weighted by Gasteiger charge is -2.26. The summed E-state index contributed by atoms with van der Waals surface area (Å²) in [6, 6.07) is 5.94. The van der Waals surface area contributed by atoms with Gasteiger partial charge in [-0.05, 0) is 55.1 Å². The van der Waals surface area contributed by atoms with Gasteiger partial charge in [0.2, 0.25) is 0 Å². The maximum atomic E-state index is 8.89. The molecular formula is C16H22N4O2. The standard InChI is InChI=1S/C16H22N4O2/c1-12(14(18-19-17)11-20-6-2-3-7-20)13-4-5-15-16(10-13)22-9-8-21-15/h4-5,10,12,14H,2-3,6-9,11H2,1H3/t12-,14-/m1/s1. The van der Waals surface area contributed by atoms with E-state index in [1.54, 1.807) is 0 Å². The quantitative estimate of drug-likeness (QED) is 0.476. The summed E-state index contributed by atoms with van der Waals surface area (Å²) in [5.41, 5.74) is 10.0. The summed E-state index contributed by atoms with van der Waals surface area (Å²) in [4.78, 5) is 5.44. The second kappa shape index (κ2) is 6.90. The van der Waals surface area contributed by atoms with Crippen LogP contribution in [0.25, 0.3) is 10.4 Å². The van der Waals surface area contributed by atoms with Crippen LogP contribution in [0.3, 0.4) is 0 Å². The second-order valence-corrected chi connectivity index (χ2v) is 5.97. The van der Waals surface area contributed by atoms with Crippen LogP contribution < -0.4 is 9.47 Å². The first-order valence-electron chi connectivity index (χ1n) is 7.94. The van der Waals surface area contributed by atoms with Crippen molar-refractivity contribution in [2.45, 2.75) is 31.7 Å². The summed E-state index contributed by atoms with van der Waals surface area (Å²) in [5.74, 6) is 1.73. The molecule has 2 heterocycles. The molecule has 0 unspecified atom stereocenters. The molecule has 3 rings (SSSR count). The largest absolute Gasteiger partial charge is 0.486 e. The molecule has 0 saturated carbocycles. The maximum absolute atomic E-state index is 8.89. The van der Waals surface area contributed by atoms with E-state index in [1.807, 2.05) is 18.2 Å². The van der Waals surface area contributed by atoms with Crippen molar-refractivity contribution in [2.24, 2.45) is 5.11 Å². The molecule has 0 aliphatic carbocycles. The molecule has 0 bridgehead atoms. The zero-order valence-electron chi connectivity index (χ0n) is 12.9. The Morgan fingerprint density at radius 3 is 2.68 bits per heavy atom. The van der Waals surface area contributed by atoms with Crippen LogP contribution in [-0.2, 0) is 0 Å². The van der Waals surface area contributed by atoms with Crippen LogP contribution in [0.1, 0.15) is 31.2 Å². The second-order valence-electron chi connectivity index (χ2n) is 5.97. The van der Waals surface area contributed by atoms with Crippen LogP contribution in [0.5, 0.6) is 11.5 Å². The summed E-state index contributed by atoms with van der Waals surface area (Å²) >= 11 is 0. The van der Waals surface area contributed by atoms with Crippen LogP contribution >= 0.6 is 0 Å². The van der Waals surface area contributed by atoms with Crippen molar-refractivity contribution in [1.82, 2.24) is 4.90 Å². The molecule has 0 N–H and O–H groups in total. The van der Waals surface area contributed by atoms with Gasteiger partial charge in [-0.25, -0.2) is 0 Å². The number of likely N-dealkylation sites (tertiary alicyclic amines) is 1. The first-order valence-corrected chi connectivity index (χ1v) is 7.94. The zero-order valence-corrected chi connectivity index (χ0v) is 12.9. The van der Waals surface area contributed by atoms with Gasteiger partial charge in [0.25, 0.3) is 0 Å². The lowest BCUT2D eigenvalue weighted by atomic mass is 9.93. The Morgan fingerprint density at radius 2 is 1.95 bits per heavy atom. The minimum Gasteiger partial charge on any atom is -0.486 e. The number of ether oxygens (including phenoxy) is 2. The summed E-state index contributed by atoms with van der Waals surface area (Å²) in [6.45, 7) is 6.31. The number of rotatable bonds is 5. The van der Waals surface area contributed by atoms with Crippen LogP contribution in [0.2, 0.25) is 0 Å². The molecule has 1 fully saturated rings. The maximum Gasteiger partial charge on any atom is 0.161 e. The van der Waals surface area contributed by atoms with E-state index in [9.17, 15) is 0 Å². The molecule has 1 aromatic carbocycles. The molecular weight excluding hydrogens is 280 g/mol. The Hall–Kier alpha value is -1.91. The molecule has 6 heteroatoms. The van der Waals surface area contributed by atoms with Gasteiger partial charge in [-0.1, -0.05) is 18.1 Å². The highest BCUT2D eigenvalue weighted by atomic mass is 16.6. The first kappa shape index (κ1) is 15.0. The predicted molar refractivity (Wildman–Crippen MR) is 84.5 cm³/mol. The van der Waals surface area contributed by atoms with E-state index in [0.717, 1.165) is 36.7 Å². The van der Waals surface area contributed by atoms with Crippen LogP contribution in [-0.4, -0.2) is 43.8 Å². The highest BCUT2D eigenvalue weighted by molar-refractivity contribution is 5.45. The van der Waals surface area contributed by atoms with Crippen LogP contribution in [0, 0.1) is 0 Å². The molecule has 0 radical (unpaired) electrons. The molecule has 0 amide bonds. The molecule has 1 saturated heterocycles. The van der Waals surface area contributed by atoms with Crippen molar-refractivity contribution in [2.75, 3.05) is 32.8 Å². The topological polar surface area (TPSA) is 70.5 Å². The Morgan fingerprint density at radius 1 is 1.23 bits per heavy atom. The van der Waals surface area contributed by atoms with Crippen molar-refractivity contribution in [3.8, 4) is 11.5 Å². The van der Waals surface area contributed by atoms with Crippen molar-refractivity contribution in [3.05, 3.63) is 34.2 Å². The summed E-state index contributed by atoms with van der Waals surface area (Å²) < 4.78 is 11.2. The molecule has 2 aliphatic rings. The fourth-order valence-electron chi connectivity index (χ4n) is 3.16. The number of azide groups is 1. The van der Waals surface area contributed by atoms with E-state index < -0.39 is 0 Å². The Labute approximate surface area is 130 Å². The molecule has 0 aromatic heterocycles. The molecule has 0 spiro atoms. The van der Waals surface area contributed by atoms with Gasteiger partial charge in [0, 0.05) is 11.5 Å². The third kappa shape index (κ3) is 3.29. The number of benzene rings is 1. The van der Waals surface area contributed by atoms with Gasteiger partial charge in [-0.15, -0.1) is 0 Å². The molecule has 2 aliphatic heterocycles. The SMILES string of the molecule is C[C@H](c1ccc2c(c1)OCCO2)[C@@H](CN1CCCC1)N=[N+]=[N-]. The van der Waals surface area contributed by atoms with Gasteiger partial charge in [0.05, 0.1) is 6.04 Å². The monoisotopic (exact) mass is 302 g/mol. The summed E-state index contributed by atoms with van der Waals surface area (Å²) in [7, 11) is 0. The predicted octanol–water partition coefficient (Wildman–Crippen LogP) is 3.34. The minimum atomic E-state index is -0.0642. The number of fused-ring (bicyclic) bond motifs is 1. The van der Waals surface area contributed by atoms with Crippen molar-refractivity contribution in [3.63, 3.8) is 0 Å². The highest BCUT2D eigenvalue weighted by Gasteiger charge is 2.24. The van der Waals surface area contributed by atoms with Gasteiger partial charge in [0.1, 0.15) is 13.2 Å². The van der Waals surface area contributed by atoms with Gasteiger partial charge in [-0.3, -0.25) is 0 Å². The summed E-state index contributed by atoms with van der Waals surface area (Å²) in [6.07, 6.45) is 2.47. The minimum absolute atomic E-state index is 0.0642. The average molecular weight is 302 g/mol. The highest BCUT2D eigenvalue weighted by Crippen LogP contribution is 2.34. The van der Waals surface area contributed by atoms with Gasteiger partial charge >= 0.3 is 0 Å². The summed E-state index contributed by atoms with van der Waals surface area (Å²) in [5, 5.41) is 4.04. The Balaban J connectivity index is 1.76. The smallest absolute Gasteiger partial charge is 0.161 e. The van der Waals surface area contributed by atoms with Gasteiger partial charge in [-0.2, -0.15) is 0 Å². The van der Waals surface area contributed by atoms with E-state index in [-0.39, 0.29) is 12.0 Å². The van der Waals surface area contributed by atoms with Gasteiger partial charge < -0.3 is 14.4 Å². The number of nitrogens with zero attached hydrogens (tertiary/aromatic N) is 4. The van der Waals surface area contributed by atoms with E-state index in [0.29, 0.717) is 13.2 Å². The molecule has 22 heavy (non-hydrogen) atoms. The lowest BCUT2D eigenvalue weighted by Crippen LogP contribution is -2.32. The third-order valence-corrected chi connectivity index (χ3v) is 4.51. The lowest BCUT2D eigenvalue weighted by molar-refractivity contribution is 0.171. The van der Waals surface area contributed by atoms with Crippen molar-refractivity contribution in [1.29, 1.82) is 0 Å². The fourth-order valence-corrected chi connectivity index (χ4v) is 3.16. The van der Waals surface area contributed by atoms with Gasteiger partial charge in [0.15, 0.2) is 11.5 Å². The fraction of sp³-hybridized carbons (Fsp3) is 0.625. The van der Waals surface area contributed by atoms with E-state index in [2.05, 4.69) is 21.8 Å². The Kier molecular flexibility index (Phi) is 4.71. The van der Waals surface area contributed by atoms with Crippen LogP contribution in [0.15, 0.2) is 23.3 Å².